The number of rotatable bonds is 3. The van der Waals surface area contributed by atoms with Crippen LogP contribution in [0.25, 0.3) is 0 Å². The minimum atomic E-state index is -0.231. The molecule has 5 nitrogen and oxygen atoms in total. The maximum absolute atomic E-state index is 11.7. The van der Waals surface area contributed by atoms with E-state index < -0.39 is 0 Å². The average molecular weight is 274 g/mol. The van der Waals surface area contributed by atoms with Crippen LogP contribution in [0.1, 0.15) is 23.0 Å². The van der Waals surface area contributed by atoms with E-state index in [1.54, 1.807) is 0 Å². The van der Waals surface area contributed by atoms with Gasteiger partial charge in [0.25, 0.3) is 0 Å². The molecule has 0 saturated carbocycles. The summed E-state index contributed by atoms with van der Waals surface area (Å²) in [7, 11) is 0. The van der Waals surface area contributed by atoms with Crippen molar-refractivity contribution in [2.75, 3.05) is 18.0 Å². The predicted octanol–water partition coefficient (Wildman–Crippen LogP) is 1.32. The van der Waals surface area contributed by atoms with Crippen molar-refractivity contribution < 1.29 is 9.59 Å². The zero-order chi connectivity index (χ0) is 12.4. The smallest absolute Gasteiger partial charge is 0.242 e. The molecule has 1 aromatic heterocycles. The summed E-state index contributed by atoms with van der Waals surface area (Å²) in [5.41, 5.74) is 0. The monoisotopic (exact) mass is 273 g/mol. The van der Waals surface area contributed by atoms with Crippen molar-refractivity contribution in [1.29, 1.82) is 0 Å². The van der Waals surface area contributed by atoms with Crippen LogP contribution in [0, 0.1) is 0 Å². The van der Waals surface area contributed by atoms with Gasteiger partial charge in [-0.05, 0) is 6.42 Å². The summed E-state index contributed by atoms with van der Waals surface area (Å²) in [6.45, 7) is 3.22. The van der Waals surface area contributed by atoms with E-state index in [1.165, 1.54) is 11.3 Å². The van der Waals surface area contributed by atoms with Gasteiger partial charge in [-0.25, -0.2) is 4.98 Å². The fourth-order valence-corrected chi connectivity index (χ4v) is 2.99. The lowest BCUT2D eigenvalue weighted by atomic mass is 10.1. The van der Waals surface area contributed by atoms with Gasteiger partial charge < -0.3 is 10.2 Å². The SMILES string of the molecule is CCC1C(=O)NCCN1c1nc(Cl)c(C=O)s1. The zero-order valence-electron chi connectivity index (χ0n) is 9.27. The first kappa shape index (κ1) is 12.3. The van der Waals surface area contributed by atoms with Crippen molar-refractivity contribution >= 4 is 40.3 Å². The third-order valence-electron chi connectivity index (χ3n) is 2.67. The van der Waals surface area contributed by atoms with Crippen LogP contribution in [0.4, 0.5) is 5.13 Å². The van der Waals surface area contributed by atoms with Crippen LogP contribution in [-0.2, 0) is 4.79 Å². The molecule has 0 aliphatic carbocycles. The number of carbonyl (C=O) groups excluding carboxylic acids is 2. The number of halogens is 1. The molecule has 1 saturated heterocycles. The van der Waals surface area contributed by atoms with Crippen LogP contribution in [0.2, 0.25) is 5.15 Å². The lowest BCUT2D eigenvalue weighted by Gasteiger charge is -2.34. The van der Waals surface area contributed by atoms with Crippen LogP contribution in [0.15, 0.2) is 0 Å². The fraction of sp³-hybridized carbons (Fsp3) is 0.500. The van der Waals surface area contributed by atoms with E-state index >= 15 is 0 Å². The van der Waals surface area contributed by atoms with Gasteiger partial charge in [-0.1, -0.05) is 29.9 Å². The molecule has 1 fully saturated rings. The Kier molecular flexibility index (Phi) is 3.63. The van der Waals surface area contributed by atoms with Crippen molar-refractivity contribution in [2.45, 2.75) is 19.4 Å². The summed E-state index contributed by atoms with van der Waals surface area (Å²) in [5, 5.41) is 3.66. The molecule has 0 bridgehead atoms. The van der Waals surface area contributed by atoms with Gasteiger partial charge in [0.05, 0.1) is 0 Å². The minimum Gasteiger partial charge on any atom is -0.353 e. The Morgan fingerprint density at radius 3 is 3.06 bits per heavy atom. The molecule has 92 valence electrons. The van der Waals surface area contributed by atoms with Crippen LogP contribution in [0.3, 0.4) is 0 Å². The zero-order valence-corrected chi connectivity index (χ0v) is 10.8. The summed E-state index contributed by atoms with van der Waals surface area (Å²) in [6.07, 6.45) is 1.38. The highest BCUT2D eigenvalue weighted by molar-refractivity contribution is 7.17. The fourth-order valence-electron chi connectivity index (χ4n) is 1.85. The molecule has 1 N–H and O–H groups in total. The topological polar surface area (TPSA) is 62.3 Å². The molecule has 0 radical (unpaired) electrons. The highest BCUT2D eigenvalue weighted by Gasteiger charge is 2.30. The quantitative estimate of drug-likeness (QED) is 0.844. The first-order valence-corrected chi connectivity index (χ1v) is 6.52. The van der Waals surface area contributed by atoms with Gasteiger partial charge in [0.15, 0.2) is 16.6 Å². The highest BCUT2D eigenvalue weighted by atomic mass is 35.5. The second-order valence-electron chi connectivity index (χ2n) is 3.68. The molecule has 17 heavy (non-hydrogen) atoms. The van der Waals surface area contributed by atoms with Crippen molar-refractivity contribution in [2.24, 2.45) is 0 Å². The van der Waals surface area contributed by atoms with Crippen molar-refractivity contribution in [3.05, 3.63) is 10.0 Å². The van der Waals surface area contributed by atoms with E-state index in [0.717, 1.165) is 0 Å². The van der Waals surface area contributed by atoms with Gasteiger partial charge >= 0.3 is 0 Å². The summed E-state index contributed by atoms with van der Waals surface area (Å²) < 4.78 is 0. The molecule has 1 atom stereocenters. The van der Waals surface area contributed by atoms with E-state index in [4.69, 9.17) is 11.6 Å². The predicted molar refractivity (Wildman–Crippen MR) is 66.9 cm³/mol. The molecule has 2 rings (SSSR count). The number of anilines is 1. The summed E-state index contributed by atoms with van der Waals surface area (Å²) in [4.78, 5) is 28.9. The second kappa shape index (κ2) is 5.01. The molecular weight excluding hydrogens is 262 g/mol. The number of nitrogens with zero attached hydrogens (tertiary/aromatic N) is 2. The molecule has 1 unspecified atom stereocenters. The Bertz CT molecular complexity index is 449. The third-order valence-corrected chi connectivity index (χ3v) is 4.09. The van der Waals surface area contributed by atoms with Crippen LogP contribution >= 0.6 is 22.9 Å². The summed E-state index contributed by atoms with van der Waals surface area (Å²) in [6, 6.07) is -0.231. The first-order valence-electron chi connectivity index (χ1n) is 5.33. The van der Waals surface area contributed by atoms with Crippen LogP contribution in [-0.4, -0.2) is 36.3 Å². The van der Waals surface area contributed by atoms with E-state index in [-0.39, 0.29) is 17.1 Å². The van der Waals surface area contributed by atoms with E-state index in [2.05, 4.69) is 10.3 Å². The number of amides is 1. The molecule has 7 heteroatoms. The Labute approximate surface area is 108 Å². The van der Waals surface area contributed by atoms with Gasteiger partial charge in [-0.3, -0.25) is 9.59 Å². The van der Waals surface area contributed by atoms with Crippen molar-refractivity contribution in [3.8, 4) is 0 Å². The number of aromatic nitrogens is 1. The van der Waals surface area contributed by atoms with Gasteiger partial charge in [0, 0.05) is 13.1 Å². The largest absolute Gasteiger partial charge is 0.353 e. The Morgan fingerprint density at radius 1 is 1.71 bits per heavy atom. The van der Waals surface area contributed by atoms with E-state index in [9.17, 15) is 9.59 Å². The summed E-state index contributed by atoms with van der Waals surface area (Å²) in [5.74, 6) is -0.00211. The molecule has 0 spiro atoms. The number of piperazine rings is 1. The number of aldehydes is 1. The van der Waals surface area contributed by atoms with Gasteiger partial charge in [-0.2, -0.15) is 0 Å². The van der Waals surface area contributed by atoms with Crippen LogP contribution in [0.5, 0.6) is 0 Å². The van der Waals surface area contributed by atoms with E-state index in [0.29, 0.717) is 35.8 Å². The number of hydrogen-bond donors (Lipinski definition) is 1. The third kappa shape index (κ3) is 2.28. The number of nitrogens with one attached hydrogen (secondary N) is 1. The lowest BCUT2D eigenvalue weighted by molar-refractivity contribution is -0.123. The van der Waals surface area contributed by atoms with Crippen LogP contribution < -0.4 is 10.2 Å². The Morgan fingerprint density at radius 2 is 2.47 bits per heavy atom. The number of carbonyl (C=O) groups is 2. The molecule has 1 amide bonds. The van der Waals surface area contributed by atoms with Gasteiger partial charge in [-0.15, -0.1) is 0 Å². The molecule has 0 aromatic carbocycles. The average Bonchev–Trinajstić information content (AvgIpc) is 2.70. The molecule has 1 aliphatic rings. The highest BCUT2D eigenvalue weighted by Crippen LogP contribution is 2.30. The normalized spacial score (nSPS) is 20.2. The molecule has 1 aliphatic heterocycles. The molecular formula is C10H12ClN3O2S. The number of hydrogen-bond acceptors (Lipinski definition) is 5. The van der Waals surface area contributed by atoms with Crippen molar-refractivity contribution in [3.63, 3.8) is 0 Å². The minimum absolute atomic E-state index is 0.00211. The van der Waals surface area contributed by atoms with Gasteiger partial charge in [0.2, 0.25) is 5.91 Å². The maximum atomic E-state index is 11.7. The van der Waals surface area contributed by atoms with E-state index in [1.807, 2.05) is 11.8 Å². The second-order valence-corrected chi connectivity index (χ2v) is 5.04. The standard InChI is InChI=1S/C10H12ClN3O2S/c1-2-6-9(16)12-3-4-14(6)10-13-8(11)7(5-15)17-10/h5-6H,2-4H2,1H3,(H,12,16). The molecule has 2 heterocycles. The number of thiazole rings is 1. The Balaban J connectivity index is 2.30. The Hall–Kier alpha value is -1.14. The lowest BCUT2D eigenvalue weighted by Crippen LogP contribution is -2.55. The summed E-state index contributed by atoms with van der Waals surface area (Å²) >= 11 is 7.05. The van der Waals surface area contributed by atoms with Crippen molar-refractivity contribution in [1.82, 2.24) is 10.3 Å². The van der Waals surface area contributed by atoms with Gasteiger partial charge in [0.1, 0.15) is 10.9 Å². The maximum Gasteiger partial charge on any atom is 0.242 e. The molecule has 1 aromatic rings. The first-order chi connectivity index (χ1) is 8.17.